The number of aryl methyl sites for hydroxylation is 1. The molecule has 140 valence electrons. The van der Waals surface area contributed by atoms with Gasteiger partial charge in [0.15, 0.2) is 0 Å². The minimum Gasteiger partial charge on any atom is -0.494 e. The first kappa shape index (κ1) is 17.7. The number of hydrogen-bond donors (Lipinski definition) is 1. The van der Waals surface area contributed by atoms with Crippen LogP contribution in [0.3, 0.4) is 0 Å². The van der Waals surface area contributed by atoms with Crippen LogP contribution in [-0.2, 0) is 4.79 Å². The summed E-state index contributed by atoms with van der Waals surface area (Å²) in [4.78, 5) is 24.6. The molecule has 6 nitrogen and oxygen atoms in total. The zero-order valence-electron chi connectivity index (χ0n) is 15.3. The molecule has 1 aliphatic heterocycles. The number of ether oxygens (including phenoxy) is 1. The van der Waals surface area contributed by atoms with Crippen molar-refractivity contribution in [3.05, 3.63) is 35.5 Å². The fourth-order valence-electron chi connectivity index (χ4n) is 3.76. The number of benzene rings is 1. The Kier molecular flexibility index (Phi) is 4.70. The first-order valence-corrected chi connectivity index (χ1v) is 9.88. The summed E-state index contributed by atoms with van der Waals surface area (Å²) in [5.41, 5.74) is 2.13. The van der Waals surface area contributed by atoms with Crippen molar-refractivity contribution in [2.24, 2.45) is 0 Å². The first-order chi connectivity index (χ1) is 13.1. The van der Waals surface area contributed by atoms with E-state index in [9.17, 15) is 9.90 Å². The quantitative estimate of drug-likeness (QED) is 0.714. The van der Waals surface area contributed by atoms with Gasteiger partial charge in [-0.3, -0.25) is 0 Å². The average Bonchev–Trinajstić information content (AvgIpc) is 3.26. The molecule has 1 aromatic carbocycles. The molecule has 2 aromatic heterocycles. The van der Waals surface area contributed by atoms with E-state index >= 15 is 0 Å². The number of carboxylic acid groups (broad SMARTS) is 1. The number of hydrogen-bond acceptors (Lipinski definition) is 6. The van der Waals surface area contributed by atoms with Crippen molar-refractivity contribution in [3.63, 3.8) is 0 Å². The topological polar surface area (TPSA) is 75.6 Å². The van der Waals surface area contributed by atoms with Gasteiger partial charge in [0.2, 0.25) is 0 Å². The fraction of sp³-hybridized carbons (Fsp3) is 0.350. The number of rotatable bonds is 5. The Morgan fingerprint density at radius 3 is 2.81 bits per heavy atom. The van der Waals surface area contributed by atoms with Crippen LogP contribution < -0.4 is 9.64 Å². The standard InChI is InChI=1S/C20H21N3O3S/c1-3-26-14-8-6-13(7-9-14)16-12(2)27-19-17(16)18(21-11-22-19)23-10-4-5-15(23)20(24)25/h6-9,11,15H,3-5,10H2,1-2H3,(H,24,25). The molecule has 1 unspecified atom stereocenters. The van der Waals surface area contributed by atoms with E-state index in [1.807, 2.05) is 36.1 Å². The molecule has 1 saturated heterocycles. The van der Waals surface area contributed by atoms with E-state index in [0.717, 1.165) is 44.2 Å². The number of aromatic nitrogens is 2. The summed E-state index contributed by atoms with van der Waals surface area (Å²) in [5.74, 6) is 0.757. The maximum atomic E-state index is 11.7. The molecule has 1 atom stereocenters. The van der Waals surface area contributed by atoms with Gasteiger partial charge in [-0.05, 0) is 44.4 Å². The Morgan fingerprint density at radius 2 is 2.11 bits per heavy atom. The molecule has 4 rings (SSSR count). The smallest absolute Gasteiger partial charge is 0.326 e. The molecular weight excluding hydrogens is 362 g/mol. The molecule has 1 N–H and O–H groups in total. The van der Waals surface area contributed by atoms with Gasteiger partial charge >= 0.3 is 5.97 Å². The lowest BCUT2D eigenvalue weighted by molar-refractivity contribution is -0.138. The van der Waals surface area contributed by atoms with E-state index in [2.05, 4.69) is 16.9 Å². The van der Waals surface area contributed by atoms with E-state index < -0.39 is 12.0 Å². The van der Waals surface area contributed by atoms with E-state index in [4.69, 9.17) is 4.74 Å². The van der Waals surface area contributed by atoms with Crippen LogP contribution >= 0.6 is 11.3 Å². The monoisotopic (exact) mass is 383 g/mol. The van der Waals surface area contributed by atoms with Crippen molar-refractivity contribution in [3.8, 4) is 16.9 Å². The minimum absolute atomic E-state index is 0.531. The second-order valence-electron chi connectivity index (χ2n) is 6.56. The van der Waals surface area contributed by atoms with E-state index in [1.54, 1.807) is 11.3 Å². The molecule has 0 aliphatic carbocycles. The molecule has 0 radical (unpaired) electrons. The second-order valence-corrected chi connectivity index (χ2v) is 7.76. The highest BCUT2D eigenvalue weighted by atomic mass is 32.1. The van der Waals surface area contributed by atoms with E-state index in [-0.39, 0.29) is 0 Å². The van der Waals surface area contributed by atoms with Crippen molar-refractivity contribution in [1.29, 1.82) is 0 Å². The van der Waals surface area contributed by atoms with Gasteiger partial charge in [0.1, 0.15) is 28.8 Å². The lowest BCUT2D eigenvalue weighted by Gasteiger charge is -2.23. The van der Waals surface area contributed by atoms with Crippen molar-refractivity contribution in [2.45, 2.75) is 32.7 Å². The number of nitrogens with zero attached hydrogens (tertiary/aromatic N) is 3. The Morgan fingerprint density at radius 1 is 1.33 bits per heavy atom. The van der Waals surface area contributed by atoms with Crippen LogP contribution in [0.4, 0.5) is 5.82 Å². The van der Waals surface area contributed by atoms with Crippen molar-refractivity contribution in [1.82, 2.24) is 9.97 Å². The molecule has 27 heavy (non-hydrogen) atoms. The van der Waals surface area contributed by atoms with Gasteiger partial charge in [-0.1, -0.05) is 12.1 Å². The highest BCUT2D eigenvalue weighted by Gasteiger charge is 2.33. The number of anilines is 1. The summed E-state index contributed by atoms with van der Waals surface area (Å²) in [5, 5.41) is 10.5. The maximum Gasteiger partial charge on any atom is 0.326 e. The van der Waals surface area contributed by atoms with Gasteiger partial charge in [-0.2, -0.15) is 0 Å². The van der Waals surface area contributed by atoms with Crippen LogP contribution in [0.2, 0.25) is 0 Å². The summed E-state index contributed by atoms with van der Waals surface area (Å²) in [6.45, 7) is 5.35. The van der Waals surface area contributed by atoms with E-state index in [0.29, 0.717) is 19.6 Å². The van der Waals surface area contributed by atoms with Crippen LogP contribution in [0.5, 0.6) is 5.75 Å². The highest BCUT2D eigenvalue weighted by Crippen LogP contribution is 2.43. The SMILES string of the molecule is CCOc1ccc(-c2c(C)sc3ncnc(N4CCCC4C(=O)O)c23)cc1. The normalized spacial score (nSPS) is 16.8. The van der Waals surface area contributed by atoms with Gasteiger partial charge < -0.3 is 14.7 Å². The van der Waals surface area contributed by atoms with Crippen LogP contribution in [0.25, 0.3) is 21.3 Å². The number of thiophene rings is 1. The summed E-state index contributed by atoms with van der Waals surface area (Å²) in [6, 6.07) is 7.46. The molecule has 3 heterocycles. The summed E-state index contributed by atoms with van der Waals surface area (Å²) in [6.07, 6.45) is 3.03. The van der Waals surface area contributed by atoms with Gasteiger partial charge in [0.05, 0.1) is 12.0 Å². The Balaban J connectivity index is 1.86. The molecule has 0 amide bonds. The van der Waals surface area contributed by atoms with Crippen LogP contribution in [0.15, 0.2) is 30.6 Å². The summed E-state index contributed by atoms with van der Waals surface area (Å²) < 4.78 is 5.55. The lowest BCUT2D eigenvalue weighted by Crippen LogP contribution is -2.36. The van der Waals surface area contributed by atoms with Crippen LogP contribution in [-0.4, -0.2) is 40.2 Å². The number of fused-ring (bicyclic) bond motifs is 1. The van der Waals surface area contributed by atoms with Gasteiger partial charge in [0, 0.05) is 17.0 Å². The molecular formula is C20H21N3O3S. The maximum absolute atomic E-state index is 11.7. The lowest BCUT2D eigenvalue weighted by atomic mass is 10.0. The Labute approximate surface area is 161 Å². The molecule has 0 bridgehead atoms. The largest absolute Gasteiger partial charge is 0.494 e. The minimum atomic E-state index is -0.797. The highest BCUT2D eigenvalue weighted by molar-refractivity contribution is 7.19. The zero-order chi connectivity index (χ0) is 19.0. The Bertz CT molecular complexity index is 984. The molecule has 0 spiro atoms. The first-order valence-electron chi connectivity index (χ1n) is 9.07. The third kappa shape index (κ3) is 3.12. The Hall–Kier alpha value is -2.67. The zero-order valence-corrected chi connectivity index (χ0v) is 16.1. The molecule has 1 fully saturated rings. The summed E-state index contributed by atoms with van der Waals surface area (Å²) >= 11 is 1.61. The average molecular weight is 383 g/mol. The predicted molar refractivity (Wildman–Crippen MR) is 107 cm³/mol. The molecule has 3 aromatic rings. The number of aliphatic carboxylic acids is 1. The fourth-order valence-corrected chi connectivity index (χ4v) is 4.76. The van der Waals surface area contributed by atoms with E-state index in [1.165, 1.54) is 6.33 Å². The number of carbonyl (C=O) groups is 1. The molecule has 0 saturated carbocycles. The van der Waals surface area contributed by atoms with Crippen molar-refractivity contribution >= 4 is 33.3 Å². The van der Waals surface area contributed by atoms with Crippen LogP contribution in [0, 0.1) is 6.92 Å². The second kappa shape index (κ2) is 7.15. The predicted octanol–water partition coefficient (Wildman–Crippen LogP) is 4.12. The van der Waals surface area contributed by atoms with Crippen LogP contribution in [0.1, 0.15) is 24.6 Å². The van der Waals surface area contributed by atoms with Gasteiger partial charge in [0.25, 0.3) is 0 Å². The van der Waals surface area contributed by atoms with Crippen molar-refractivity contribution < 1.29 is 14.6 Å². The molecule has 1 aliphatic rings. The number of carboxylic acids is 1. The third-order valence-electron chi connectivity index (χ3n) is 4.91. The van der Waals surface area contributed by atoms with Gasteiger partial charge in [-0.15, -0.1) is 11.3 Å². The molecule has 7 heteroatoms. The van der Waals surface area contributed by atoms with Crippen molar-refractivity contribution in [2.75, 3.05) is 18.1 Å². The third-order valence-corrected chi connectivity index (χ3v) is 5.92. The van der Waals surface area contributed by atoms with Gasteiger partial charge in [-0.25, -0.2) is 14.8 Å². The summed E-state index contributed by atoms with van der Waals surface area (Å²) in [7, 11) is 0.